The van der Waals surface area contributed by atoms with Crippen LogP contribution in [0.5, 0.6) is 0 Å². The third-order valence-electron chi connectivity index (χ3n) is 2.05. The average Bonchev–Trinajstić information content (AvgIpc) is 2.15. The Morgan fingerprint density at radius 1 is 1.43 bits per heavy atom. The summed E-state index contributed by atoms with van der Waals surface area (Å²) in [5, 5.41) is 0. The SMILES string of the molecule is CC(N)C/C(=C/N)c1ccccc1N. The molecule has 1 aromatic carbocycles. The van der Waals surface area contributed by atoms with Crippen molar-refractivity contribution in [3.05, 3.63) is 36.0 Å². The molecule has 1 rings (SSSR count). The van der Waals surface area contributed by atoms with E-state index in [2.05, 4.69) is 0 Å². The zero-order chi connectivity index (χ0) is 10.6. The van der Waals surface area contributed by atoms with Gasteiger partial charge in [0.25, 0.3) is 0 Å². The van der Waals surface area contributed by atoms with Gasteiger partial charge in [0.15, 0.2) is 0 Å². The van der Waals surface area contributed by atoms with Gasteiger partial charge in [0.2, 0.25) is 0 Å². The number of hydrogen-bond donors (Lipinski definition) is 3. The van der Waals surface area contributed by atoms with Crippen LogP contribution in [0.1, 0.15) is 18.9 Å². The number of benzene rings is 1. The molecule has 0 spiro atoms. The van der Waals surface area contributed by atoms with Gasteiger partial charge in [-0.2, -0.15) is 0 Å². The summed E-state index contributed by atoms with van der Waals surface area (Å²) in [4.78, 5) is 0. The maximum atomic E-state index is 5.84. The first-order valence-electron chi connectivity index (χ1n) is 4.66. The van der Waals surface area contributed by atoms with Gasteiger partial charge < -0.3 is 17.2 Å². The monoisotopic (exact) mass is 191 g/mol. The second-order valence-corrected chi connectivity index (χ2v) is 3.46. The minimum absolute atomic E-state index is 0.0874. The van der Waals surface area contributed by atoms with Crippen molar-refractivity contribution in [1.82, 2.24) is 0 Å². The summed E-state index contributed by atoms with van der Waals surface area (Å²) in [6.07, 6.45) is 2.32. The van der Waals surface area contributed by atoms with E-state index < -0.39 is 0 Å². The lowest BCUT2D eigenvalue weighted by molar-refractivity contribution is 0.767. The Kier molecular flexibility index (Phi) is 3.54. The molecule has 0 bridgehead atoms. The van der Waals surface area contributed by atoms with Gasteiger partial charge in [-0.05, 0) is 31.2 Å². The number of nitrogens with two attached hydrogens (primary N) is 3. The third-order valence-corrected chi connectivity index (χ3v) is 2.05. The number of nitrogen functional groups attached to an aromatic ring is 1. The fourth-order valence-electron chi connectivity index (χ4n) is 1.40. The van der Waals surface area contributed by atoms with E-state index in [0.29, 0.717) is 0 Å². The first-order valence-corrected chi connectivity index (χ1v) is 4.66. The van der Waals surface area contributed by atoms with E-state index in [0.717, 1.165) is 23.2 Å². The van der Waals surface area contributed by atoms with Crippen LogP contribution >= 0.6 is 0 Å². The number of para-hydroxylation sites is 1. The van der Waals surface area contributed by atoms with Crippen molar-refractivity contribution in [2.45, 2.75) is 19.4 Å². The van der Waals surface area contributed by atoms with Gasteiger partial charge in [-0.25, -0.2) is 0 Å². The van der Waals surface area contributed by atoms with E-state index in [1.807, 2.05) is 31.2 Å². The molecular formula is C11H17N3. The fraction of sp³-hybridized carbons (Fsp3) is 0.273. The standard InChI is InChI=1S/C11H17N3/c1-8(13)6-9(7-12)10-4-2-3-5-11(10)14/h2-5,7-8H,6,12-14H2,1H3/b9-7-. The van der Waals surface area contributed by atoms with Crippen LogP contribution in [0.2, 0.25) is 0 Å². The summed E-state index contributed by atoms with van der Waals surface area (Å²) in [6.45, 7) is 1.95. The summed E-state index contributed by atoms with van der Waals surface area (Å²) >= 11 is 0. The summed E-state index contributed by atoms with van der Waals surface area (Å²) in [5.74, 6) is 0. The molecule has 0 aliphatic carbocycles. The number of rotatable bonds is 3. The lowest BCUT2D eigenvalue weighted by Gasteiger charge is -2.11. The van der Waals surface area contributed by atoms with Crippen LogP contribution in [0.15, 0.2) is 30.5 Å². The van der Waals surface area contributed by atoms with Crippen LogP contribution in [-0.4, -0.2) is 6.04 Å². The second kappa shape index (κ2) is 4.67. The van der Waals surface area contributed by atoms with Crippen LogP contribution in [0.3, 0.4) is 0 Å². The Bertz CT molecular complexity index is 329. The Labute approximate surface area is 84.6 Å². The predicted octanol–water partition coefficient (Wildman–Crippen LogP) is 1.31. The molecule has 0 saturated carbocycles. The highest BCUT2D eigenvalue weighted by molar-refractivity contribution is 5.74. The van der Waals surface area contributed by atoms with Crippen molar-refractivity contribution in [2.24, 2.45) is 11.5 Å². The zero-order valence-electron chi connectivity index (χ0n) is 8.40. The normalized spacial score (nSPS) is 14.0. The maximum absolute atomic E-state index is 5.84. The molecule has 14 heavy (non-hydrogen) atoms. The third kappa shape index (κ3) is 2.50. The fourth-order valence-corrected chi connectivity index (χ4v) is 1.40. The Balaban J connectivity index is 2.96. The highest BCUT2D eigenvalue weighted by atomic mass is 14.6. The van der Waals surface area contributed by atoms with Crippen LogP contribution in [-0.2, 0) is 0 Å². The summed E-state index contributed by atoms with van der Waals surface area (Å²) in [5.41, 5.74) is 19.8. The van der Waals surface area contributed by atoms with Gasteiger partial charge in [-0.3, -0.25) is 0 Å². The van der Waals surface area contributed by atoms with Crippen LogP contribution < -0.4 is 17.2 Å². The van der Waals surface area contributed by atoms with Crippen molar-refractivity contribution in [2.75, 3.05) is 5.73 Å². The second-order valence-electron chi connectivity index (χ2n) is 3.46. The van der Waals surface area contributed by atoms with Crippen molar-refractivity contribution in [3.63, 3.8) is 0 Å². The molecule has 0 aliphatic rings. The van der Waals surface area contributed by atoms with Crippen LogP contribution in [0.25, 0.3) is 5.57 Å². The van der Waals surface area contributed by atoms with E-state index in [-0.39, 0.29) is 6.04 Å². The molecule has 0 saturated heterocycles. The molecule has 0 aromatic heterocycles. The first kappa shape index (κ1) is 10.6. The lowest BCUT2D eigenvalue weighted by Crippen LogP contribution is -2.15. The smallest absolute Gasteiger partial charge is 0.0390 e. The van der Waals surface area contributed by atoms with Gasteiger partial charge in [0.05, 0.1) is 0 Å². The molecule has 1 aromatic rings. The molecule has 6 N–H and O–H groups in total. The summed E-state index contributed by atoms with van der Waals surface area (Å²) in [6, 6.07) is 7.75. The maximum Gasteiger partial charge on any atom is 0.0390 e. The minimum Gasteiger partial charge on any atom is -0.404 e. The van der Waals surface area contributed by atoms with Gasteiger partial charge >= 0.3 is 0 Å². The molecule has 0 radical (unpaired) electrons. The summed E-state index contributed by atoms with van der Waals surface area (Å²) < 4.78 is 0. The lowest BCUT2D eigenvalue weighted by atomic mass is 9.99. The van der Waals surface area contributed by atoms with E-state index >= 15 is 0 Å². The Hall–Kier alpha value is -1.48. The molecule has 0 aliphatic heterocycles. The van der Waals surface area contributed by atoms with Gasteiger partial charge in [0, 0.05) is 17.3 Å². The van der Waals surface area contributed by atoms with Crippen molar-refractivity contribution >= 4 is 11.3 Å². The van der Waals surface area contributed by atoms with Crippen molar-refractivity contribution < 1.29 is 0 Å². The number of hydrogen-bond acceptors (Lipinski definition) is 3. The Morgan fingerprint density at radius 3 is 2.57 bits per heavy atom. The summed E-state index contributed by atoms with van der Waals surface area (Å²) in [7, 11) is 0. The molecule has 0 amide bonds. The number of anilines is 1. The topological polar surface area (TPSA) is 78.1 Å². The molecule has 1 unspecified atom stereocenters. The van der Waals surface area contributed by atoms with E-state index in [1.54, 1.807) is 6.20 Å². The largest absolute Gasteiger partial charge is 0.404 e. The van der Waals surface area contributed by atoms with E-state index in [1.165, 1.54) is 0 Å². The zero-order valence-corrected chi connectivity index (χ0v) is 8.40. The van der Waals surface area contributed by atoms with Gasteiger partial charge in [-0.1, -0.05) is 18.2 Å². The van der Waals surface area contributed by atoms with E-state index in [4.69, 9.17) is 17.2 Å². The molecule has 0 heterocycles. The van der Waals surface area contributed by atoms with Gasteiger partial charge in [0.1, 0.15) is 0 Å². The first-order chi connectivity index (χ1) is 6.65. The Morgan fingerprint density at radius 2 is 2.07 bits per heavy atom. The van der Waals surface area contributed by atoms with Gasteiger partial charge in [-0.15, -0.1) is 0 Å². The predicted molar refractivity (Wildman–Crippen MR) is 61.3 cm³/mol. The van der Waals surface area contributed by atoms with Crippen molar-refractivity contribution in [3.8, 4) is 0 Å². The molecular weight excluding hydrogens is 174 g/mol. The van der Waals surface area contributed by atoms with Crippen molar-refractivity contribution in [1.29, 1.82) is 0 Å². The van der Waals surface area contributed by atoms with Crippen LogP contribution in [0.4, 0.5) is 5.69 Å². The van der Waals surface area contributed by atoms with Crippen LogP contribution in [0, 0.1) is 0 Å². The molecule has 3 heteroatoms. The molecule has 3 nitrogen and oxygen atoms in total. The average molecular weight is 191 g/mol. The minimum atomic E-state index is 0.0874. The highest BCUT2D eigenvalue weighted by Crippen LogP contribution is 2.23. The molecule has 0 fully saturated rings. The molecule has 1 atom stereocenters. The molecule has 76 valence electrons. The quantitative estimate of drug-likeness (QED) is 0.630. The highest BCUT2D eigenvalue weighted by Gasteiger charge is 2.06. The van der Waals surface area contributed by atoms with E-state index in [9.17, 15) is 0 Å².